The van der Waals surface area contributed by atoms with Gasteiger partial charge in [0.05, 0.1) is 5.56 Å². The second-order valence-electron chi connectivity index (χ2n) is 8.16. The Balaban J connectivity index is 1.91. The van der Waals surface area contributed by atoms with Crippen LogP contribution < -0.4 is 4.90 Å². The van der Waals surface area contributed by atoms with Gasteiger partial charge in [0.25, 0.3) is 0 Å². The number of nitrogens with zero attached hydrogens (tertiary/aromatic N) is 5. The number of carbonyl (C=O) groups excluding carboxylic acids is 1. The molecule has 2 aliphatic rings. The van der Waals surface area contributed by atoms with Gasteiger partial charge in [-0.25, -0.2) is 4.98 Å². The van der Waals surface area contributed by atoms with Crippen LogP contribution in [0.1, 0.15) is 57.2 Å². The summed E-state index contributed by atoms with van der Waals surface area (Å²) >= 11 is 0. The van der Waals surface area contributed by atoms with Crippen LogP contribution in [-0.4, -0.2) is 66.0 Å². The van der Waals surface area contributed by atoms with Gasteiger partial charge in [0.15, 0.2) is 0 Å². The van der Waals surface area contributed by atoms with Crippen LogP contribution in [0.15, 0.2) is 12.1 Å². The van der Waals surface area contributed by atoms with E-state index in [0.717, 1.165) is 57.1 Å². The number of aromatic nitrogens is 1. The molecule has 1 spiro atoms. The number of pyridine rings is 1. The maximum atomic E-state index is 12.4. The highest BCUT2D eigenvalue weighted by molar-refractivity contribution is 5.76. The van der Waals surface area contributed by atoms with Gasteiger partial charge >= 0.3 is 0 Å². The zero-order valence-corrected chi connectivity index (χ0v) is 17.0. The molecule has 6 heteroatoms. The van der Waals surface area contributed by atoms with E-state index >= 15 is 0 Å². The van der Waals surface area contributed by atoms with E-state index in [0.29, 0.717) is 17.9 Å². The first-order valence-corrected chi connectivity index (χ1v) is 10.0. The van der Waals surface area contributed by atoms with Gasteiger partial charge in [-0.15, -0.1) is 0 Å². The molecule has 1 atom stereocenters. The summed E-state index contributed by atoms with van der Waals surface area (Å²) in [7, 11) is 2.17. The number of rotatable bonds is 3. The molecule has 2 aliphatic heterocycles. The molecule has 0 unspecified atom stereocenters. The van der Waals surface area contributed by atoms with E-state index in [-0.39, 0.29) is 11.4 Å². The Hall–Kier alpha value is -2.13. The zero-order valence-electron chi connectivity index (χ0n) is 17.0. The van der Waals surface area contributed by atoms with Crippen LogP contribution in [0, 0.1) is 11.3 Å². The summed E-state index contributed by atoms with van der Waals surface area (Å²) in [5, 5.41) is 9.60. The molecule has 0 N–H and O–H groups in total. The lowest BCUT2D eigenvalue weighted by Gasteiger charge is -2.49. The second-order valence-corrected chi connectivity index (χ2v) is 8.16. The highest BCUT2D eigenvalue weighted by Crippen LogP contribution is 2.34. The Kier molecular flexibility index (Phi) is 5.71. The largest absolute Gasteiger partial charge is 0.352 e. The van der Waals surface area contributed by atoms with Gasteiger partial charge in [-0.05, 0) is 44.9 Å². The molecular weight excluding hydrogens is 338 g/mol. The van der Waals surface area contributed by atoms with Gasteiger partial charge in [0.2, 0.25) is 5.91 Å². The number of likely N-dealkylation sites (tertiary alicyclic amines) is 1. The molecule has 0 aromatic carbocycles. The van der Waals surface area contributed by atoms with Crippen molar-refractivity contribution < 1.29 is 4.79 Å². The predicted molar refractivity (Wildman–Crippen MR) is 107 cm³/mol. The number of likely N-dealkylation sites (N-methyl/N-ethyl adjacent to an activating group) is 1. The summed E-state index contributed by atoms with van der Waals surface area (Å²) in [4.78, 5) is 23.9. The van der Waals surface area contributed by atoms with Crippen molar-refractivity contribution in [1.82, 2.24) is 14.8 Å². The van der Waals surface area contributed by atoms with E-state index in [4.69, 9.17) is 4.98 Å². The molecule has 0 aliphatic carbocycles. The third kappa shape index (κ3) is 3.79. The van der Waals surface area contributed by atoms with Crippen LogP contribution in [0.25, 0.3) is 0 Å². The number of carbonyl (C=O) groups is 1. The van der Waals surface area contributed by atoms with Gasteiger partial charge < -0.3 is 9.80 Å². The number of anilines is 1. The molecule has 27 heavy (non-hydrogen) atoms. The van der Waals surface area contributed by atoms with Crippen LogP contribution in [0.4, 0.5) is 5.82 Å². The first-order chi connectivity index (χ1) is 12.9. The average Bonchev–Trinajstić information content (AvgIpc) is 2.83. The molecule has 6 nitrogen and oxygen atoms in total. The Morgan fingerprint density at radius 2 is 2.04 bits per heavy atom. The lowest BCUT2D eigenvalue weighted by atomic mass is 9.86. The number of piperazine rings is 1. The van der Waals surface area contributed by atoms with E-state index in [1.54, 1.807) is 0 Å². The molecule has 2 fully saturated rings. The number of hydrogen-bond acceptors (Lipinski definition) is 5. The summed E-state index contributed by atoms with van der Waals surface area (Å²) < 4.78 is 0. The van der Waals surface area contributed by atoms with Crippen LogP contribution >= 0.6 is 0 Å². The highest BCUT2D eigenvalue weighted by atomic mass is 16.2. The van der Waals surface area contributed by atoms with Crippen LogP contribution in [0.5, 0.6) is 0 Å². The average molecular weight is 370 g/mol. The molecule has 0 bridgehead atoms. The van der Waals surface area contributed by atoms with Gasteiger partial charge in [-0.2, -0.15) is 5.26 Å². The Morgan fingerprint density at radius 3 is 2.70 bits per heavy atom. The molecular formula is C21H31N5O. The Labute approximate surface area is 162 Å². The number of hydrogen-bond donors (Lipinski definition) is 0. The smallest absolute Gasteiger partial charge is 0.222 e. The number of amides is 1. The van der Waals surface area contributed by atoms with Crippen LogP contribution in [0.2, 0.25) is 0 Å². The van der Waals surface area contributed by atoms with Crippen LogP contribution in [-0.2, 0) is 4.79 Å². The normalized spacial score (nSPS) is 24.4. The monoisotopic (exact) mass is 369 g/mol. The van der Waals surface area contributed by atoms with Gasteiger partial charge in [-0.1, -0.05) is 13.8 Å². The molecule has 1 aromatic rings. The minimum atomic E-state index is -0.0416. The summed E-state index contributed by atoms with van der Waals surface area (Å²) in [6.07, 6.45) is 2.42. The fourth-order valence-electron chi connectivity index (χ4n) is 4.32. The van der Waals surface area contributed by atoms with E-state index < -0.39 is 0 Å². The molecule has 146 valence electrons. The van der Waals surface area contributed by atoms with Crippen molar-refractivity contribution in [2.75, 3.05) is 44.7 Å². The fourth-order valence-corrected chi connectivity index (χ4v) is 4.32. The molecule has 2 saturated heterocycles. The van der Waals surface area contributed by atoms with Crippen molar-refractivity contribution in [3.8, 4) is 6.07 Å². The Morgan fingerprint density at radius 1 is 1.26 bits per heavy atom. The molecule has 1 amide bonds. The van der Waals surface area contributed by atoms with Crippen molar-refractivity contribution in [3.05, 3.63) is 23.4 Å². The zero-order chi connectivity index (χ0) is 19.6. The summed E-state index contributed by atoms with van der Waals surface area (Å²) in [6, 6.07) is 6.18. The first-order valence-electron chi connectivity index (χ1n) is 10.0. The third-order valence-electron chi connectivity index (χ3n) is 6.29. The number of nitriles is 1. The molecule has 1 aromatic heterocycles. The molecule has 0 radical (unpaired) electrons. The minimum absolute atomic E-state index is 0.0416. The highest BCUT2D eigenvalue weighted by Gasteiger charge is 2.42. The van der Waals surface area contributed by atoms with E-state index in [2.05, 4.69) is 36.8 Å². The third-order valence-corrected chi connectivity index (χ3v) is 6.29. The maximum Gasteiger partial charge on any atom is 0.222 e. The van der Waals surface area contributed by atoms with E-state index in [1.165, 1.54) is 0 Å². The molecule has 3 rings (SSSR count). The summed E-state index contributed by atoms with van der Waals surface area (Å²) in [6.45, 7) is 10.5. The quantitative estimate of drug-likeness (QED) is 0.819. The minimum Gasteiger partial charge on any atom is -0.352 e. The first kappa shape index (κ1) is 19.6. The van der Waals surface area contributed by atoms with Crippen molar-refractivity contribution in [2.45, 2.75) is 51.5 Å². The standard InChI is InChI=1S/C21H31N5O/c1-5-25-11-10-21(9-8-19(25)27)15-26(13-12-24(21)4)20-17(14-22)6-7-18(23-20)16(2)3/h6-7,16H,5,8-13,15H2,1-4H3/t21-/m0/s1. The Bertz CT molecular complexity index is 741. The lowest BCUT2D eigenvalue weighted by molar-refractivity contribution is -0.130. The predicted octanol–water partition coefficient (Wildman–Crippen LogP) is 2.60. The van der Waals surface area contributed by atoms with Crippen molar-refractivity contribution in [3.63, 3.8) is 0 Å². The van der Waals surface area contributed by atoms with E-state index in [1.807, 2.05) is 24.0 Å². The molecule has 3 heterocycles. The van der Waals surface area contributed by atoms with Crippen LogP contribution in [0.3, 0.4) is 0 Å². The summed E-state index contributed by atoms with van der Waals surface area (Å²) in [5.74, 6) is 1.39. The SMILES string of the molecule is CCN1CC[C@@]2(CCC1=O)CN(c1nc(C(C)C)ccc1C#N)CCN2C. The second kappa shape index (κ2) is 7.85. The van der Waals surface area contributed by atoms with Crippen molar-refractivity contribution in [2.24, 2.45) is 0 Å². The van der Waals surface area contributed by atoms with Gasteiger partial charge in [0.1, 0.15) is 11.9 Å². The lowest BCUT2D eigenvalue weighted by Crippen LogP contribution is -2.61. The van der Waals surface area contributed by atoms with Gasteiger partial charge in [0, 0.05) is 50.4 Å². The summed E-state index contributed by atoms with van der Waals surface area (Å²) in [5.41, 5.74) is 1.62. The molecule has 0 saturated carbocycles. The topological polar surface area (TPSA) is 63.5 Å². The van der Waals surface area contributed by atoms with Crippen molar-refractivity contribution >= 4 is 11.7 Å². The van der Waals surface area contributed by atoms with Gasteiger partial charge in [-0.3, -0.25) is 9.69 Å². The van der Waals surface area contributed by atoms with Crippen molar-refractivity contribution in [1.29, 1.82) is 5.26 Å². The fraction of sp³-hybridized carbons (Fsp3) is 0.667. The van der Waals surface area contributed by atoms with E-state index in [9.17, 15) is 10.1 Å². The maximum absolute atomic E-state index is 12.4.